The van der Waals surface area contributed by atoms with Crippen molar-refractivity contribution in [2.24, 2.45) is 0 Å². The molecular formula is C36H46FN5O8. The Morgan fingerprint density at radius 2 is 1.54 bits per heavy atom. The number of fused-ring (bicyclic) bond motifs is 2. The number of amides is 2. The maximum absolute atomic E-state index is 14.5. The summed E-state index contributed by atoms with van der Waals surface area (Å²) in [5.74, 6) is 0.0384. The van der Waals surface area contributed by atoms with Crippen LogP contribution in [0, 0.1) is 5.82 Å². The number of anilines is 3. The first-order chi connectivity index (χ1) is 23.7. The molecule has 2 amide bonds. The Kier molecular flexibility index (Phi) is 11.0. The van der Waals surface area contributed by atoms with Gasteiger partial charge < -0.3 is 38.6 Å². The number of rotatable bonds is 10. The van der Waals surface area contributed by atoms with Gasteiger partial charge in [0, 0.05) is 49.6 Å². The molecule has 2 atom stereocenters. The van der Waals surface area contributed by atoms with Crippen LogP contribution in [0.4, 0.5) is 31.2 Å². The lowest BCUT2D eigenvalue weighted by Crippen LogP contribution is -2.54. The van der Waals surface area contributed by atoms with E-state index in [0.717, 1.165) is 23.4 Å². The Bertz CT molecular complexity index is 1630. The first-order valence-electron chi connectivity index (χ1n) is 16.6. The van der Waals surface area contributed by atoms with Crippen LogP contribution in [0.15, 0.2) is 48.5 Å². The molecule has 2 unspecified atom stereocenters. The molecule has 13 nitrogen and oxygen atoms in total. The van der Waals surface area contributed by atoms with Gasteiger partial charge in [-0.05, 0) is 84.7 Å². The van der Waals surface area contributed by atoms with Crippen molar-refractivity contribution in [3.05, 3.63) is 54.3 Å². The van der Waals surface area contributed by atoms with E-state index < -0.39 is 29.2 Å². The number of halogens is 1. The maximum atomic E-state index is 14.5. The molecule has 0 spiro atoms. The molecule has 0 saturated carbocycles. The first-order valence-corrected chi connectivity index (χ1v) is 16.6. The van der Waals surface area contributed by atoms with Gasteiger partial charge in [-0.1, -0.05) is 12.1 Å². The van der Waals surface area contributed by atoms with Gasteiger partial charge in [-0.25, -0.2) is 14.0 Å². The van der Waals surface area contributed by atoms with Crippen LogP contribution >= 0.6 is 0 Å². The van der Waals surface area contributed by atoms with E-state index in [9.17, 15) is 19.1 Å². The van der Waals surface area contributed by atoms with Gasteiger partial charge >= 0.3 is 12.2 Å². The molecule has 2 aliphatic rings. The van der Waals surface area contributed by atoms with Crippen molar-refractivity contribution in [2.75, 3.05) is 54.9 Å². The van der Waals surface area contributed by atoms with E-state index in [4.69, 9.17) is 23.7 Å². The number of piperazine rings is 1. The number of methoxy groups -OCH3 is 1. The Morgan fingerprint density at radius 1 is 0.900 bits per heavy atom. The van der Waals surface area contributed by atoms with E-state index in [0.29, 0.717) is 35.8 Å². The Labute approximate surface area is 291 Å². The second-order valence-electron chi connectivity index (χ2n) is 14.2. The summed E-state index contributed by atoms with van der Waals surface area (Å²) in [7, 11) is 1.53. The highest BCUT2D eigenvalue weighted by Crippen LogP contribution is 2.42. The smallest absolute Gasteiger partial charge is 0.425 e. The lowest BCUT2D eigenvalue weighted by Gasteiger charge is -2.44. The standard InChI is InChI=1S/C36H46FN5O8/c1-35(2,3)49-33(44)42(34(45)50-36(4,5)6)32-29(19-28(38-39-32)26-10-8-9-11-30(26)48-22-46-7)40-20-24-12-13-25(21-40)41(24)23-14-15-27(37)31(18-23)47-17-16-43/h8-11,14-15,18-19,24-25,43H,12-13,16-17,20-22H2,1-7H3. The highest BCUT2D eigenvalue weighted by atomic mass is 19.1. The first kappa shape index (κ1) is 36.6. The number of imide groups is 1. The number of carbonyl (C=O) groups is 2. The van der Waals surface area contributed by atoms with Crippen molar-refractivity contribution >= 4 is 29.4 Å². The zero-order valence-corrected chi connectivity index (χ0v) is 29.6. The van der Waals surface area contributed by atoms with Crippen molar-refractivity contribution in [1.82, 2.24) is 10.2 Å². The summed E-state index contributed by atoms with van der Waals surface area (Å²) >= 11 is 0. The topological polar surface area (TPSA) is 136 Å². The molecule has 270 valence electrons. The zero-order chi connectivity index (χ0) is 36.2. The second-order valence-corrected chi connectivity index (χ2v) is 14.2. The molecule has 2 aromatic carbocycles. The molecule has 5 rings (SSSR count). The minimum atomic E-state index is -0.956. The third-order valence-electron chi connectivity index (χ3n) is 8.00. The van der Waals surface area contributed by atoms with Crippen molar-refractivity contribution in [3.63, 3.8) is 0 Å². The molecule has 3 aromatic rings. The largest absolute Gasteiger partial charge is 0.488 e. The summed E-state index contributed by atoms with van der Waals surface area (Å²) in [4.78, 5) is 32.7. The van der Waals surface area contributed by atoms with E-state index in [1.807, 2.05) is 18.2 Å². The Hall–Kier alpha value is -4.69. The number of hydrogen-bond donors (Lipinski definition) is 1. The van der Waals surface area contributed by atoms with Gasteiger partial charge in [-0.2, -0.15) is 4.90 Å². The molecular weight excluding hydrogens is 649 g/mol. The van der Waals surface area contributed by atoms with Crippen LogP contribution in [0.25, 0.3) is 11.3 Å². The summed E-state index contributed by atoms with van der Waals surface area (Å²) in [5.41, 5.74) is 0.492. The van der Waals surface area contributed by atoms with Gasteiger partial charge in [-0.3, -0.25) is 0 Å². The summed E-state index contributed by atoms with van der Waals surface area (Å²) in [6, 6.07) is 13.8. The molecule has 1 N–H and O–H groups in total. The number of benzene rings is 2. The minimum Gasteiger partial charge on any atom is -0.488 e. The molecule has 3 heterocycles. The second kappa shape index (κ2) is 15.1. The van der Waals surface area contributed by atoms with Gasteiger partial charge in [0.25, 0.3) is 0 Å². The molecule has 14 heteroatoms. The molecule has 0 aliphatic carbocycles. The van der Waals surface area contributed by atoms with Gasteiger partial charge in [-0.15, -0.1) is 10.2 Å². The predicted molar refractivity (Wildman–Crippen MR) is 185 cm³/mol. The Balaban J connectivity index is 1.59. The van der Waals surface area contributed by atoms with Crippen LogP contribution in [-0.4, -0.2) is 91.0 Å². The quantitative estimate of drug-likeness (QED) is 0.243. The molecule has 50 heavy (non-hydrogen) atoms. The molecule has 0 radical (unpaired) electrons. The van der Waals surface area contributed by atoms with E-state index in [1.165, 1.54) is 13.2 Å². The molecule has 1 aromatic heterocycles. The van der Waals surface area contributed by atoms with Crippen molar-refractivity contribution in [3.8, 4) is 22.8 Å². The van der Waals surface area contributed by atoms with E-state index in [2.05, 4.69) is 20.0 Å². The average Bonchev–Trinajstić information content (AvgIpc) is 3.30. The average molecular weight is 696 g/mol. The lowest BCUT2D eigenvalue weighted by molar-refractivity contribution is 0.0428. The maximum Gasteiger partial charge on any atom is 0.425 e. The number of aliphatic hydroxyl groups excluding tert-OH is 1. The fourth-order valence-corrected chi connectivity index (χ4v) is 6.13. The summed E-state index contributed by atoms with van der Waals surface area (Å²) in [5, 5.41) is 18.2. The van der Waals surface area contributed by atoms with Crippen molar-refractivity contribution in [2.45, 2.75) is 77.7 Å². The van der Waals surface area contributed by atoms with E-state index >= 15 is 0 Å². The lowest BCUT2D eigenvalue weighted by atomic mass is 10.1. The summed E-state index contributed by atoms with van der Waals surface area (Å²) < 4.78 is 42.3. The van der Waals surface area contributed by atoms with Crippen LogP contribution in [0.5, 0.6) is 11.5 Å². The minimum absolute atomic E-state index is 0.0109. The number of nitrogens with zero attached hydrogens (tertiary/aromatic N) is 5. The normalized spacial score (nSPS) is 17.4. The van der Waals surface area contributed by atoms with Gasteiger partial charge in [0.2, 0.25) is 0 Å². The van der Waals surface area contributed by atoms with Gasteiger partial charge in [0.15, 0.2) is 24.2 Å². The number of aliphatic hydroxyl groups is 1. The fourth-order valence-electron chi connectivity index (χ4n) is 6.13. The van der Waals surface area contributed by atoms with Gasteiger partial charge in [0.1, 0.15) is 23.6 Å². The number of aromatic nitrogens is 2. The number of para-hydroxylation sites is 1. The number of hydrogen-bond acceptors (Lipinski definition) is 12. The van der Waals surface area contributed by atoms with Crippen LogP contribution in [0.2, 0.25) is 0 Å². The zero-order valence-electron chi connectivity index (χ0n) is 29.6. The van der Waals surface area contributed by atoms with E-state index in [-0.39, 0.29) is 43.7 Å². The van der Waals surface area contributed by atoms with Gasteiger partial charge in [0.05, 0.1) is 18.0 Å². The predicted octanol–water partition coefficient (Wildman–Crippen LogP) is 6.17. The van der Waals surface area contributed by atoms with Crippen molar-refractivity contribution in [1.29, 1.82) is 0 Å². The highest BCUT2D eigenvalue weighted by Gasteiger charge is 2.43. The SMILES string of the molecule is COCOc1ccccc1-c1cc(N2CC3CCC(C2)N3c2ccc(F)c(OCCO)c2)c(N(C(=O)OC(C)(C)C)C(=O)OC(C)(C)C)nn1. The highest BCUT2D eigenvalue weighted by molar-refractivity contribution is 6.11. The van der Waals surface area contributed by atoms with Crippen LogP contribution < -0.4 is 24.2 Å². The number of carbonyl (C=O) groups excluding carboxylic acids is 2. The Morgan fingerprint density at radius 3 is 2.14 bits per heavy atom. The summed E-state index contributed by atoms with van der Waals surface area (Å²) in [6.45, 7) is 11.0. The number of ether oxygens (including phenoxy) is 5. The molecule has 2 aliphatic heterocycles. The van der Waals surface area contributed by atoms with Crippen LogP contribution in [-0.2, 0) is 14.2 Å². The van der Waals surface area contributed by atoms with Crippen LogP contribution in [0.1, 0.15) is 54.4 Å². The third-order valence-corrected chi connectivity index (χ3v) is 8.00. The molecule has 2 bridgehead atoms. The monoisotopic (exact) mass is 695 g/mol. The van der Waals surface area contributed by atoms with Crippen molar-refractivity contribution < 1.29 is 42.8 Å². The summed E-state index contributed by atoms with van der Waals surface area (Å²) in [6.07, 6.45) is -0.215. The van der Waals surface area contributed by atoms with Crippen LogP contribution in [0.3, 0.4) is 0 Å². The fraction of sp³-hybridized carbons (Fsp3) is 0.500. The molecule has 2 saturated heterocycles. The molecule has 2 fully saturated rings. The van der Waals surface area contributed by atoms with E-state index in [1.54, 1.807) is 65.8 Å². The third kappa shape index (κ3) is 8.53.